The summed E-state index contributed by atoms with van der Waals surface area (Å²) in [5, 5.41) is 3.17. The molecule has 0 spiro atoms. The summed E-state index contributed by atoms with van der Waals surface area (Å²) in [5.74, 6) is -0.115. The molecule has 1 atom stereocenters. The monoisotopic (exact) mass is 355 g/mol. The summed E-state index contributed by atoms with van der Waals surface area (Å²) >= 11 is 0. The van der Waals surface area contributed by atoms with E-state index in [2.05, 4.69) is 15.2 Å². The van der Waals surface area contributed by atoms with Gasteiger partial charge in [0.1, 0.15) is 5.82 Å². The predicted molar refractivity (Wildman–Crippen MR) is 100 cm³/mol. The molecule has 0 unspecified atom stereocenters. The molecule has 1 saturated heterocycles. The lowest BCUT2D eigenvalue weighted by atomic mass is 10.0. The number of nitrogens with zero attached hydrogens (tertiary/aromatic N) is 2. The Morgan fingerprint density at radius 1 is 1.23 bits per heavy atom. The number of halogens is 1. The fraction of sp³-hybridized carbons (Fsp3) is 0.429. The van der Waals surface area contributed by atoms with E-state index in [1.54, 1.807) is 12.1 Å². The molecule has 2 aromatic rings. The number of piperidine rings is 1. The molecule has 3 rings (SSSR count). The van der Waals surface area contributed by atoms with Crippen LogP contribution in [0.1, 0.15) is 36.9 Å². The van der Waals surface area contributed by atoms with Crippen molar-refractivity contribution >= 4 is 5.91 Å². The third-order valence-corrected chi connectivity index (χ3v) is 4.76. The van der Waals surface area contributed by atoms with Crippen LogP contribution in [0.2, 0.25) is 0 Å². The van der Waals surface area contributed by atoms with E-state index in [0.29, 0.717) is 6.42 Å². The highest BCUT2D eigenvalue weighted by Crippen LogP contribution is 2.13. The molecule has 1 amide bonds. The Balaban J connectivity index is 1.38. The lowest BCUT2D eigenvalue weighted by molar-refractivity contribution is -0.122. The fourth-order valence-corrected chi connectivity index (χ4v) is 3.44. The Morgan fingerprint density at radius 3 is 2.85 bits per heavy atom. The van der Waals surface area contributed by atoms with Crippen LogP contribution in [0.15, 0.2) is 48.7 Å². The molecule has 1 aromatic heterocycles. The van der Waals surface area contributed by atoms with Gasteiger partial charge in [-0.25, -0.2) is 4.39 Å². The molecule has 0 aliphatic carbocycles. The van der Waals surface area contributed by atoms with Gasteiger partial charge >= 0.3 is 0 Å². The van der Waals surface area contributed by atoms with Crippen LogP contribution in [0.25, 0.3) is 0 Å². The van der Waals surface area contributed by atoms with Crippen LogP contribution < -0.4 is 5.32 Å². The molecule has 138 valence electrons. The van der Waals surface area contributed by atoms with E-state index >= 15 is 0 Å². The van der Waals surface area contributed by atoms with Crippen LogP contribution in [0.5, 0.6) is 0 Å². The van der Waals surface area contributed by atoms with Crippen LogP contribution in [0.4, 0.5) is 4.39 Å². The Kier molecular flexibility index (Phi) is 6.72. The zero-order valence-electron chi connectivity index (χ0n) is 15.0. The molecule has 0 saturated carbocycles. The van der Waals surface area contributed by atoms with Crippen molar-refractivity contribution in [3.8, 4) is 0 Å². The molecule has 2 heterocycles. The quantitative estimate of drug-likeness (QED) is 0.829. The summed E-state index contributed by atoms with van der Waals surface area (Å²) in [6, 6.07) is 12.7. The highest BCUT2D eigenvalue weighted by molar-refractivity contribution is 5.76. The highest BCUT2D eigenvalue weighted by atomic mass is 19.1. The van der Waals surface area contributed by atoms with Gasteiger partial charge in [-0.15, -0.1) is 0 Å². The first-order valence-electron chi connectivity index (χ1n) is 9.35. The highest BCUT2D eigenvalue weighted by Gasteiger charge is 2.21. The van der Waals surface area contributed by atoms with E-state index in [0.717, 1.165) is 56.6 Å². The van der Waals surface area contributed by atoms with Crippen LogP contribution in [-0.2, 0) is 17.8 Å². The molecule has 1 aliphatic heterocycles. The number of nitrogens with one attached hydrogen (secondary N) is 1. The Hall–Kier alpha value is -2.27. The number of benzene rings is 1. The maximum atomic E-state index is 12.9. The minimum Gasteiger partial charge on any atom is -0.352 e. The van der Waals surface area contributed by atoms with Gasteiger partial charge in [0.2, 0.25) is 5.91 Å². The Morgan fingerprint density at radius 2 is 2.08 bits per heavy atom. The van der Waals surface area contributed by atoms with Gasteiger partial charge < -0.3 is 5.32 Å². The number of hydrogen-bond donors (Lipinski definition) is 1. The number of pyridine rings is 1. The lowest BCUT2D eigenvalue weighted by Gasteiger charge is -2.32. The number of aryl methyl sites for hydroxylation is 1. The van der Waals surface area contributed by atoms with Gasteiger partial charge in [0.05, 0.1) is 5.69 Å². The molecule has 5 heteroatoms. The van der Waals surface area contributed by atoms with Gasteiger partial charge in [0.15, 0.2) is 0 Å². The minimum atomic E-state index is -0.223. The minimum absolute atomic E-state index is 0.108. The molecular formula is C21H26FN3O. The number of rotatable bonds is 7. The number of carbonyl (C=O) groups is 1. The summed E-state index contributed by atoms with van der Waals surface area (Å²) in [6.07, 6.45) is 6.02. The van der Waals surface area contributed by atoms with Gasteiger partial charge in [-0.2, -0.15) is 0 Å². The lowest BCUT2D eigenvalue weighted by Crippen LogP contribution is -2.47. The van der Waals surface area contributed by atoms with E-state index in [9.17, 15) is 9.18 Å². The summed E-state index contributed by atoms with van der Waals surface area (Å²) in [6.45, 7) is 2.76. The standard InChI is InChI=1S/C21H26FN3O/c22-18-11-9-17(10-12-18)5-3-8-21(26)24-20-7-4-14-25(16-20)15-19-6-1-2-13-23-19/h1-2,6,9-13,20H,3-5,7-8,14-16H2,(H,24,26)/t20-/m1/s1. The average Bonchev–Trinajstić information content (AvgIpc) is 2.64. The average molecular weight is 355 g/mol. The number of aromatic nitrogens is 1. The maximum absolute atomic E-state index is 12.9. The normalized spacial score (nSPS) is 17.8. The van der Waals surface area contributed by atoms with Crippen LogP contribution in [-0.4, -0.2) is 34.9 Å². The molecule has 4 nitrogen and oxygen atoms in total. The zero-order chi connectivity index (χ0) is 18.2. The summed E-state index contributed by atoms with van der Waals surface area (Å²) in [5.41, 5.74) is 2.14. The van der Waals surface area contributed by atoms with Crippen molar-refractivity contribution < 1.29 is 9.18 Å². The molecule has 1 aliphatic rings. The van der Waals surface area contributed by atoms with E-state index in [-0.39, 0.29) is 17.8 Å². The van der Waals surface area contributed by atoms with Gasteiger partial charge in [0.25, 0.3) is 0 Å². The first kappa shape index (κ1) is 18.5. The summed E-state index contributed by atoms with van der Waals surface area (Å²) in [7, 11) is 0. The SMILES string of the molecule is O=C(CCCc1ccc(F)cc1)N[C@@H]1CCCN(Cc2ccccn2)C1. The Bertz CT molecular complexity index is 690. The maximum Gasteiger partial charge on any atom is 0.220 e. The van der Waals surface area contributed by atoms with E-state index in [1.807, 2.05) is 24.4 Å². The van der Waals surface area contributed by atoms with Crippen LogP contribution >= 0.6 is 0 Å². The van der Waals surface area contributed by atoms with Crippen molar-refractivity contribution in [2.24, 2.45) is 0 Å². The van der Waals surface area contributed by atoms with Crippen LogP contribution in [0, 0.1) is 5.82 Å². The first-order chi connectivity index (χ1) is 12.7. The predicted octanol–water partition coefficient (Wildman–Crippen LogP) is 3.32. The smallest absolute Gasteiger partial charge is 0.220 e. The number of hydrogen-bond acceptors (Lipinski definition) is 3. The largest absolute Gasteiger partial charge is 0.352 e. The molecule has 26 heavy (non-hydrogen) atoms. The van der Waals surface area contributed by atoms with E-state index in [1.165, 1.54) is 12.1 Å². The fourth-order valence-electron chi connectivity index (χ4n) is 3.44. The second-order valence-electron chi connectivity index (χ2n) is 6.94. The third kappa shape index (κ3) is 5.92. The molecule has 1 fully saturated rings. The Labute approximate surface area is 154 Å². The number of amides is 1. The van der Waals surface area contributed by atoms with E-state index in [4.69, 9.17) is 0 Å². The van der Waals surface area contributed by atoms with Gasteiger partial charge in [0, 0.05) is 31.7 Å². The van der Waals surface area contributed by atoms with Crippen molar-refractivity contribution in [1.82, 2.24) is 15.2 Å². The van der Waals surface area contributed by atoms with Gasteiger partial charge in [-0.1, -0.05) is 18.2 Å². The number of likely N-dealkylation sites (tertiary alicyclic amines) is 1. The molecule has 0 radical (unpaired) electrons. The summed E-state index contributed by atoms with van der Waals surface area (Å²) in [4.78, 5) is 19.0. The molecule has 1 N–H and O–H groups in total. The molecule has 0 bridgehead atoms. The topological polar surface area (TPSA) is 45.2 Å². The second kappa shape index (κ2) is 9.43. The van der Waals surface area contributed by atoms with Crippen molar-refractivity contribution in [2.75, 3.05) is 13.1 Å². The van der Waals surface area contributed by atoms with Crippen molar-refractivity contribution in [3.05, 3.63) is 65.7 Å². The first-order valence-corrected chi connectivity index (χ1v) is 9.35. The van der Waals surface area contributed by atoms with Gasteiger partial charge in [-0.05, 0) is 62.1 Å². The zero-order valence-corrected chi connectivity index (χ0v) is 15.0. The second-order valence-corrected chi connectivity index (χ2v) is 6.94. The van der Waals surface area contributed by atoms with Crippen molar-refractivity contribution in [3.63, 3.8) is 0 Å². The summed E-state index contributed by atoms with van der Waals surface area (Å²) < 4.78 is 12.9. The molecular weight excluding hydrogens is 329 g/mol. The van der Waals surface area contributed by atoms with Crippen molar-refractivity contribution in [2.45, 2.75) is 44.7 Å². The third-order valence-electron chi connectivity index (χ3n) is 4.76. The van der Waals surface area contributed by atoms with E-state index < -0.39 is 0 Å². The number of carbonyl (C=O) groups excluding carboxylic acids is 1. The van der Waals surface area contributed by atoms with Crippen LogP contribution in [0.3, 0.4) is 0 Å². The molecule has 1 aromatic carbocycles. The van der Waals surface area contributed by atoms with Gasteiger partial charge in [-0.3, -0.25) is 14.7 Å². The van der Waals surface area contributed by atoms with Crippen molar-refractivity contribution in [1.29, 1.82) is 0 Å².